The standard InChI is InChI=1S/C21H25O4P.C20H27O4P.C20H23O4P.C10H12O.HO2P/c1-12-8-14(3)18(15(4)9-12)20(22)26(24,25-7)21(23)19-16(5)10-13(2)11-17(19)6;2*1-11-7-13(3)17(14(4)8-11)19(21)25(23,24)20(22)18-15(5)9-12(2)10-16(18)6;1-7-4-8(2)10(6-11)9(3)5-7;1-3-2/h8-11H,1-7H3;7-10,19-22H,1-6H3,(H,23,24);7-10H,1-6H3,(H,23,24);4-6H,1-3H3;3H/p+1. The largest absolute Gasteiger partial charge is 0.491 e. The van der Waals surface area contributed by atoms with Gasteiger partial charge in [-0.2, -0.15) is 4.89 Å². The van der Waals surface area contributed by atoms with Crippen LogP contribution in [0.2, 0.25) is 0 Å². The Morgan fingerprint density at radius 1 is 0.378 bits per heavy atom. The Morgan fingerprint density at radius 2 is 0.556 bits per heavy atom. The van der Waals surface area contributed by atoms with Gasteiger partial charge in [-0.25, -0.2) is 0 Å². The summed E-state index contributed by atoms with van der Waals surface area (Å²) in [6.07, 6.45) is 0.921. The Hall–Kier alpha value is -6.56. The average Bonchev–Trinajstić information content (AvgIpc) is 0.829. The Morgan fingerprint density at radius 3 is 0.744 bits per heavy atom. The molecule has 0 aliphatic carbocycles. The summed E-state index contributed by atoms with van der Waals surface area (Å²) in [5.74, 6) is -3.27. The minimum atomic E-state index is -4.73. The number of carbonyl (C=O) groups excluding carboxylic acids is 5. The van der Waals surface area contributed by atoms with Crippen molar-refractivity contribution in [3.8, 4) is 0 Å². The van der Waals surface area contributed by atoms with E-state index in [1.165, 1.54) is 5.56 Å². The smallest absolute Gasteiger partial charge is 0.378 e. The van der Waals surface area contributed by atoms with Crippen molar-refractivity contribution in [1.29, 1.82) is 0 Å². The number of aliphatic hydroxyl groups excluding tert-OH is 2. The van der Waals surface area contributed by atoms with Crippen molar-refractivity contribution in [2.75, 3.05) is 7.11 Å². The third kappa shape index (κ3) is 18.1. The van der Waals surface area contributed by atoms with E-state index in [1.54, 1.807) is 107 Å². The zero-order valence-corrected chi connectivity index (χ0v) is 59.7. The second kappa shape index (κ2) is 32.1. The second-order valence-electron chi connectivity index (χ2n) is 23.7. The predicted molar refractivity (Wildman–Crippen MR) is 363 cm³/mol. The SMILES string of the molecule is COP(=O)(C(=O)c1c(C)cc(C)cc1C)C(=O)c1c(C)cc(C)cc1C.Cc1cc(C)c(C(=O)P(=O)(O)C(=O)c2c(C)cc(C)cc2C)c(C)c1.Cc1cc(C)c(C(O)P(=O)(O)C(O)c2c(C)cc(C)cc2C)c(C)c1.Cc1cc(C)c(C=O)c(C)c1.O=[PH+]O. The van der Waals surface area contributed by atoms with Crippen LogP contribution in [0.3, 0.4) is 0 Å². The van der Waals surface area contributed by atoms with Crippen LogP contribution in [0.1, 0.15) is 191 Å². The van der Waals surface area contributed by atoms with Gasteiger partial charge in [-0.1, -0.05) is 124 Å². The molecule has 0 radical (unpaired) electrons. The van der Waals surface area contributed by atoms with E-state index < -0.39 is 64.6 Å². The summed E-state index contributed by atoms with van der Waals surface area (Å²) in [7, 11) is -13.3. The van der Waals surface area contributed by atoms with Crippen molar-refractivity contribution in [3.63, 3.8) is 0 Å². The first kappa shape index (κ1) is 77.7. The van der Waals surface area contributed by atoms with Crippen LogP contribution >= 0.6 is 30.8 Å². The van der Waals surface area contributed by atoms with Crippen molar-refractivity contribution in [2.45, 2.75) is 157 Å². The fraction of sp³-hybridized carbons (Fsp3) is 0.338. The zero-order chi connectivity index (χ0) is 69.2. The van der Waals surface area contributed by atoms with Gasteiger partial charge in [0, 0.05) is 34.9 Å². The Balaban J connectivity index is 0.000000318. The molecule has 19 heteroatoms. The lowest BCUT2D eigenvalue weighted by Gasteiger charge is -2.28. The molecule has 0 aliphatic heterocycles. The molecule has 0 aromatic heterocycles. The second-order valence-corrected chi connectivity index (χ2v) is 30.4. The zero-order valence-electron chi connectivity index (χ0n) is 56.0. The fourth-order valence-electron chi connectivity index (χ4n) is 12.1. The van der Waals surface area contributed by atoms with Crippen LogP contribution < -0.4 is 0 Å². The molecular weight excluding hydrogens is 1220 g/mol. The van der Waals surface area contributed by atoms with E-state index in [9.17, 15) is 57.7 Å². The number of hydrogen-bond donors (Lipinski definition) is 5. The first-order valence-electron chi connectivity index (χ1n) is 28.9. The quantitative estimate of drug-likeness (QED) is 0.0501. The van der Waals surface area contributed by atoms with Crippen LogP contribution in [0.5, 0.6) is 0 Å². The molecule has 7 aromatic rings. The topological polar surface area (TPSA) is 264 Å². The molecule has 7 rings (SSSR count). The van der Waals surface area contributed by atoms with Gasteiger partial charge < -0.3 is 24.5 Å². The molecule has 0 spiro atoms. The molecule has 0 fully saturated rings. The molecule has 0 saturated carbocycles. The maximum Gasteiger partial charge on any atom is 0.491 e. The van der Waals surface area contributed by atoms with Crippen molar-refractivity contribution < 1.29 is 71.6 Å². The minimum absolute atomic E-state index is 0.159. The van der Waals surface area contributed by atoms with Crippen molar-refractivity contribution in [1.82, 2.24) is 0 Å². The molecule has 7 aromatic carbocycles. The highest BCUT2D eigenvalue weighted by Gasteiger charge is 2.45. The molecule has 90 heavy (non-hydrogen) atoms. The van der Waals surface area contributed by atoms with Gasteiger partial charge in [0.1, 0.15) is 0 Å². The molecule has 0 amide bonds. The van der Waals surface area contributed by atoms with Gasteiger partial charge >= 0.3 is 23.4 Å². The first-order valence-corrected chi connectivity index (χ1v) is 34.8. The molecule has 0 saturated heterocycles. The normalized spacial score (nSPS) is 12.5. The number of carbonyl (C=O) groups is 5. The monoisotopic (exact) mass is 1310 g/mol. The number of hydrogen-bond acceptors (Lipinski definition) is 12. The average molecular weight is 1310 g/mol. The Kier molecular flexibility index (Phi) is 27.7. The van der Waals surface area contributed by atoms with Gasteiger partial charge in [0.25, 0.3) is 29.5 Å². The van der Waals surface area contributed by atoms with Gasteiger partial charge in [-0.3, -0.25) is 37.7 Å². The van der Waals surface area contributed by atoms with Crippen LogP contribution in [0.4, 0.5) is 0 Å². The van der Waals surface area contributed by atoms with E-state index in [-0.39, 0.29) is 11.1 Å². The van der Waals surface area contributed by atoms with Crippen LogP contribution in [-0.2, 0) is 22.8 Å². The molecule has 0 heterocycles. The van der Waals surface area contributed by atoms with Gasteiger partial charge in [0.2, 0.25) is 0 Å². The lowest BCUT2D eigenvalue weighted by atomic mass is 10.0. The molecule has 0 bridgehead atoms. The lowest BCUT2D eigenvalue weighted by molar-refractivity contribution is 0.0994. The molecule has 0 aliphatic rings. The van der Waals surface area contributed by atoms with E-state index >= 15 is 0 Å². The van der Waals surface area contributed by atoms with Crippen molar-refractivity contribution in [3.05, 3.63) is 241 Å². The third-order valence-electron chi connectivity index (χ3n) is 15.5. The van der Waals surface area contributed by atoms with E-state index in [2.05, 4.69) is 0 Å². The molecule has 3 atom stereocenters. The summed E-state index contributed by atoms with van der Waals surface area (Å²) in [5.41, 5.74) is 16.5. The Bertz CT molecular complexity index is 3720. The van der Waals surface area contributed by atoms with Gasteiger partial charge in [0.15, 0.2) is 18.0 Å². The summed E-state index contributed by atoms with van der Waals surface area (Å²) >= 11 is 0. The number of benzene rings is 7. The van der Waals surface area contributed by atoms with Crippen molar-refractivity contribution >= 4 is 59.2 Å². The van der Waals surface area contributed by atoms with E-state index in [4.69, 9.17) is 14.0 Å². The van der Waals surface area contributed by atoms with Crippen LogP contribution in [-0.4, -0.2) is 60.4 Å². The minimum Gasteiger partial charge on any atom is -0.378 e. The number of rotatable bonds is 14. The fourth-order valence-corrected chi connectivity index (χ4v) is 17.2. The summed E-state index contributed by atoms with van der Waals surface area (Å²) in [5, 5.41) is 21.4. The summed E-state index contributed by atoms with van der Waals surface area (Å²) in [6.45, 7) is 38.6. The molecule has 15 nitrogen and oxygen atoms in total. The summed E-state index contributed by atoms with van der Waals surface area (Å²) in [6, 6.07) is 25.9. The molecule has 3 unspecified atom stereocenters. The van der Waals surface area contributed by atoms with Crippen LogP contribution in [0, 0.1) is 145 Å². The van der Waals surface area contributed by atoms with E-state index in [1.807, 2.05) is 123 Å². The van der Waals surface area contributed by atoms with E-state index in [0.29, 0.717) is 66.8 Å². The van der Waals surface area contributed by atoms with Gasteiger partial charge in [-0.05, 0) is 239 Å². The summed E-state index contributed by atoms with van der Waals surface area (Å²) < 4.78 is 53.0. The lowest BCUT2D eigenvalue weighted by Crippen LogP contribution is -2.16. The van der Waals surface area contributed by atoms with Gasteiger partial charge in [-0.15, -0.1) is 0 Å². The highest BCUT2D eigenvalue weighted by molar-refractivity contribution is 7.92. The Labute approximate surface area is 533 Å². The van der Waals surface area contributed by atoms with Crippen molar-refractivity contribution in [2.24, 2.45) is 0 Å². The van der Waals surface area contributed by atoms with Crippen LogP contribution in [0.15, 0.2) is 84.9 Å². The van der Waals surface area contributed by atoms with Crippen LogP contribution in [0.25, 0.3) is 0 Å². The van der Waals surface area contributed by atoms with Gasteiger partial charge in [0.05, 0.1) is 0 Å². The highest BCUT2D eigenvalue weighted by atomic mass is 31.2. The number of aliphatic hydroxyl groups is 2. The molecule has 5 N–H and O–H groups in total. The maximum absolute atomic E-state index is 13.4. The third-order valence-corrected chi connectivity index (χ3v) is 21.0. The number of aryl methyl sites for hydroxylation is 21. The van der Waals surface area contributed by atoms with E-state index in [0.717, 1.165) is 85.7 Å². The molecular formula is C71H89O15P4+. The first-order chi connectivity index (χ1) is 41.5. The maximum atomic E-state index is 13.4. The predicted octanol–water partition coefficient (Wildman–Crippen LogP) is 17.1. The summed E-state index contributed by atoms with van der Waals surface area (Å²) in [4.78, 5) is 90.6. The number of aldehydes is 1. The molecule has 482 valence electrons. The highest BCUT2D eigenvalue weighted by Crippen LogP contribution is 2.65.